The Kier molecular flexibility index (Phi) is 6.43. The largest absolute Gasteiger partial charge is 0.365 e. The van der Waals surface area contributed by atoms with Gasteiger partial charge in [0.25, 0.3) is 5.91 Å². The van der Waals surface area contributed by atoms with Crippen molar-refractivity contribution in [3.8, 4) is 11.3 Å². The average molecular weight is 413 g/mol. The predicted octanol–water partition coefficient (Wildman–Crippen LogP) is 4.04. The lowest BCUT2D eigenvalue weighted by Crippen LogP contribution is -2.17. The number of carbonyl (C=O) groups is 2. The van der Waals surface area contributed by atoms with Crippen molar-refractivity contribution in [1.82, 2.24) is 9.97 Å². The Balaban J connectivity index is 1.58. The average Bonchev–Trinajstić information content (AvgIpc) is 2.96. The molecule has 0 spiro atoms. The number of amides is 2. The van der Waals surface area contributed by atoms with Crippen molar-refractivity contribution in [2.24, 2.45) is 5.73 Å². The number of thioether (sulfide) groups is 1. The third-order valence-electron chi connectivity index (χ3n) is 4.18. The number of benzene rings is 1. The highest BCUT2D eigenvalue weighted by Gasteiger charge is 2.18. The zero-order valence-corrected chi connectivity index (χ0v) is 17.2. The fraction of sp³-hybridized carbons (Fsp3) is 0.200. The van der Waals surface area contributed by atoms with E-state index in [1.807, 2.05) is 50.2 Å². The molecule has 0 atom stereocenters. The molecule has 28 heavy (non-hydrogen) atoms. The molecule has 144 valence electrons. The number of hydrogen-bond acceptors (Lipinski definition) is 6. The number of carbonyl (C=O) groups excluding carboxylic acids is 2. The van der Waals surface area contributed by atoms with Crippen LogP contribution in [0.3, 0.4) is 0 Å². The molecule has 0 aliphatic heterocycles. The van der Waals surface area contributed by atoms with E-state index in [9.17, 15) is 9.59 Å². The molecule has 0 aliphatic rings. The van der Waals surface area contributed by atoms with E-state index < -0.39 is 5.91 Å². The molecule has 0 fully saturated rings. The summed E-state index contributed by atoms with van der Waals surface area (Å²) in [5.41, 5.74) is 8.52. The maximum Gasteiger partial charge on any atom is 0.251 e. The van der Waals surface area contributed by atoms with E-state index in [2.05, 4.69) is 15.3 Å². The Morgan fingerprint density at radius 3 is 2.64 bits per heavy atom. The second-order valence-corrected chi connectivity index (χ2v) is 8.45. The summed E-state index contributed by atoms with van der Waals surface area (Å²) in [5, 5.41) is 4.14. The molecule has 3 N–H and O–H groups in total. The van der Waals surface area contributed by atoms with Crippen LogP contribution in [0.15, 0.2) is 47.8 Å². The topological polar surface area (TPSA) is 98.0 Å². The quantitative estimate of drug-likeness (QED) is 0.451. The monoisotopic (exact) mass is 412 g/mol. The highest BCUT2D eigenvalue weighted by Crippen LogP contribution is 2.32. The van der Waals surface area contributed by atoms with Crippen molar-refractivity contribution in [2.45, 2.75) is 25.3 Å². The number of nitrogens with zero attached hydrogens (tertiary/aromatic N) is 2. The molecular weight excluding hydrogens is 392 g/mol. The van der Waals surface area contributed by atoms with Gasteiger partial charge in [-0.15, -0.1) is 23.1 Å². The van der Waals surface area contributed by atoms with Crippen LogP contribution >= 0.6 is 23.1 Å². The minimum atomic E-state index is -0.527. The van der Waals surface area contributed by atoms with E-state index in [4.69, 9.17) is 5.73 Å². The summed E-state index contributed by atoms with van der Waals surface area (Å²) < 4.78 is 0. The number of rotatable bonds is 7. The number of nitrogens with two attached hydrogens (primary N) is 1. The Bertz CT molecular complexity index is 1000. The van der Waals surface area contributed by atoms with Crippen LogP contribution in [-0.4, -0.2) is 27.5 Å². The van der Waals surface area contributed by atoms with Gasteiger partial charge in [-0.2, -0.15) is 0 Å². The van der Waals surface area contributed by atoms with Gasteiger partial charge < -0.3 is 11.1 Å². The first-order valence-electron chi connectivity index (χ1n) is 8.65. The molecule has 8 heteroatoms. The fourth-order valence-electron chi connectivity index (χ4n) is 2.63. The van der Waals surface area contributed by atoms with Crippen LogP contribution < -0.4 is 11.1 Å². The minimum Gasteiger partial charge on any atom is -0.365 e. The molecule has 0 unspecified atom stereocenters. The molecule has 2 heterocycles. The van der Waals surface area contributed by atoms with Crippen molar-refractivity contribution in [3.63, 3.8) is 0 Å². The maximum atomic E-state index is 12.3. The van der Waals surface area contributed by atoms with E-state index in [1.54, 1.807) is 0 Å². The number of nitrogens with one attached hydrogen (secondary N) is 1. The Morgan fingerprint density at radius 2 is 1.93 bits per heavy atom. The second kappa shape index (κ2) is 8.99. The molecule has 6 nitrogen and oxygen atoms in total. The molecule has 3 rings (SSSR count). The van der Waals surface area contributed by atoms with Crippen molar-refractivity contribution in [1.29, 1.82) is 0 Å². The van der Waals surface area contributed by atoms with Gasteiger partial charge in [0.05, 0.1) is 16.3 Å². The summed E-state index contributed by atoms with van der Waals surface area (Å²) in [4.78, 5) is 33.5. The van der Waals surface area contributed by atoms with E-state index in [0.717, 1.165) is 26.7 Å². The van der Waals surface area contributed by atoms with Crippen LogP contribution in [0.1, 0.15) is 27.2 Å². The van der Waals surface area contributed by atoms with E-state index in [1.165, 1.54) is 29.4 Å². The lowest BCUT2D eigenvalue weighted by Gasteiger charge is -2.06. The smallest absolute Gasteiger partial charge is 0.251 e. The lowest BCUT2D eigenvalue weighted by atomic mass is 10.1. The van der Waals surface area contributed by atoms with Crippen LogP contribution in [0.2, 0.25) is 0 Å². The number of anilines is 1. The van der Waals surface area contributed by atoms with Gasteiger partial charge in [-0.3, -0.25) is 9.59 Å². The molecule has 0 saturated heterocycles. The zero-order chi connectivity index (χ0) is 20.1. The van der Waals surface area contributed by atoms with E-state index in [-0.39, 0.29) is 5.91 Å². The Labute approximate surface area is 171 Å². The van der Waals surface area contributed by atoms with Crippen LogP contribution in [-0.2, 0) is 4.79 Å². The highest BCUT2D eigenvalue weighted by molar-refractivity contribution is 7.99. The molecule has 2 aromatic heterocycles. The molecule has 3 aromatic rings. The normalized spacial score (nSPS) is 10.6. The van der Waals surface area contributed by atoms with Crippen molar-refractivity contribution < 1.29 is 9.59 Å². The van der Waals surface area contributed by atoms with Gasteiger partial charge >= 0.3 is 0 Å². The summed E-state index contributed by atoms with van der Waals surface area (Å²) >= 11 is 2.85. The second-order valence-electron chi connectivity index (χ2n) is 6.11. The van der Waals surface area contributed by atoms with Gasteiger partial charge in [0, 0.05) is 22.6 Å². The molecule has 0 bridgehead atoms. The zero-order valence-electron chi connectivity index (χ0n) is 15.6. The number of primary amides is 1. The predicted molar refractivity (Wildman–Crippen MR) is 114 cm³/mol. The van der Waals surface area contributed by atoms with Crippen LogP contribution in [0.5, 0.6) is 0 Å². The number of aryl methyl sites for hydroxylation is 1. The van der Waals surface area contributed by atoms with Crippen molar-refractivity contribution in [3.05, 3.63) is 58.7 Å². The number of aromatic nitrogens is 2. The SMILES string of the molecule is Cc1sc(NC(=O)CCSc2cc(-c3ccccc3)ncn2)c(C(N)=O)c1C. The summed E-state index contributed by atoms with van der Waals surface area (Å²) in [6.07, 6.45) is 1.82. The lowest BCUT2D eigenvalue weighted by molar-refractivity contribution is -0.115. The van der Waals surface area contributed by atoms with E-state index >= 15 is 0 Å². The Morgan fingerprint density at radius 1 is 1.18 bits per heavy atom. The van der Waals surface area contributed by atoms with E-state index in [0.29, 0.717) is 22.7 Å². The molecule has 0 saturated carbocycles. The fourth-order valence-corrected chi connectivity index (χ4v) is 4.53. The number of thiophene rings is 1. The summed E-state index contributed by atoms with van der Waals surface area (Å²) in [7, 11) is 0. The number of hydrogen-bond donors (Lipinski definition) is 2. The van der Waals surface area contributed by atoms with Gasteiger partial charge in [-0.25, -0.2) is 9.97 Å². The Hall–Kier alpha value is -2.71. The summed E-state index contributed by atoms with van der Waals surface area (Å²) in [6, 6.07) is 11.8. The summed E-state index contributed by atoms with van der Waals surface area (Å²) in [5.74, 6) is -0.124. The third kappa shape index (κ3) is 4.76. The molecule has 1 aromatic carbocycles. The molecule has 2 amide bonds. The van der Waals surface area contributed by atoms with Crippen molar-refractivity contribution in [2.75, 3.05) is 11.1 Å². The first-order chi connectivity index (χ1) is 13.5. The maximum absolute atomic E-state index is 12.3. The van der Waals surface area contributed by atoms with Gasteiger partial charge in [0.2, 0.25) is 5.91 Å². The van der Waals surface area contributed by atoms with Gasteiger partial charge in [-0.05, 0) is 25.5 Å². The van der Waals surface area contributed by atoms with Gasteiger partial charge in [0.15, 0.2) is 0 Å². The third-order valence-corrected chi connectivity index (χ3v) is 6.23. The summed E-state index contributed by atoms with van der Waals surface area (Å²) in [6.45, 7) is 3.73. The van der Waals surface area contributed by atoms with Crippen LogP contribution in [0.25, 0.3) is 11.3 Å². The van der Waals surface area contributed by atoms with Crippen LogP contribution in [0.4, 0.5) is 5.00 Å². The molecule has 0 aliphatic carbocycles. The molecule has 0 radical (unpaired) electrons. The van der Waals surface area contributed by atoms with Crippen molar-refractivity contribution >= 4 is 39.9 Å². The first kappa shape index (κ1) is 20.0. The highest BCUT2D eigenvalue weighted by atomic mass is 32.2. The molecular formula is C20H20N4O2S2. The van der Waals surface area contributed by atoms with Gasteiger partial charge in [-0.1, -0.05) is 30.3 Å². The van der Waals surface area contributed by atoms with Crippen LogP contribution in [0, 0.1) is 13.8 Å². The minimum absolute atomic E-state index is 0.159. The first-order valence-corrected chi connectivity index (χ1v) is 10.5. The standard InChI is InChI=1S/C20H20N4O2S2/c1-12-13(2)28-20(18(12)19(21)26)24-16(25)8-9-27-17-10-15(22-11-23-17)14-6-4-3-5-7-14/h3-7,10-11H,8-9H2,1-2H3,(H2,21,26)(H,24,25). The van der Waals surface area contributed by atoms with Gasteiger partial charge in [0.1, 0.15) is 11.3 Å².